The molecule has 0 amide bonds. The molecule has 0 unspecified atom stereocenters. The van der Waals surface area contributed by atoms with Gasteiger partial charge in [0.15, 0.2) is 5.82 Å². The topological polar surface area (TPSA) is 77.2 Å². The number of aromatic nitrogens is 5. The van der Waals surface area contributed by atoms with Gasteiger partial charge in [0.25, 0.3) is 0 Å². The van der Waals surface area contributed by atoms with Crippen molar-refractivity contribution in [2.24, 2.45) is 0 Å². The molecule has 4 rings (SSSR count). The van der Waals surface area contributed by atoms with E-state index in [1.54, 1.807) is 11.6 Å². The molecule has 0 aliphatic heterocycles. The van der Waals surface area contributed by atoms with Crippen LogP contribution < -0.4 is 10.1 Å². The average Bonchev–Trinajstić information content (AvgIpc) is 3.17. The zero-order chi connectivity index (χ0) is 16.5. The van der Waals surface area contributed by atoms with Gasteiger partial charge in [-0.1, -0.05) is 12.1 Å². The molecular formula is C16H14N6OS. The van der Waals surface area contributed by atoms with Crippen LogP contribution in [-0.4, -0.2) is 31.9 Å². The maximum absolute atomic E-state index is 5.44. The lowest BCUT2D eigenvalue weighted by Gasteiger charge is -2.06. The first-order chi connectivity index (χ1) is 11.7. The van der Waals surface area contributed by atoms with Crippen molar-refractivity contribution in [3.63, 3.8) is 0 Å². The minimum atomic E-state index is 0.483. The van der Waals surface area contributed by atoms with Gasteiger partial charge in [0.05, 0.1) is 18.5 Å². The fourth-order valence-electron chi connectivity index (χ4n) is 2.36. The van der Waals surface area contributed by atoms with Gasteiger partial charge < -0.3 is 10.1 Å². The van der Waals surface area contributed by atoms with Crippen LogP contribution in [0.5, 0.6) is 5.75 Å². The summed E-state index contributed by atoms with van der Waals surface area (Å²) in [6.07, 6.45) is 0. The lowest BCUT2D eigenvalue weighted by Crippen LogP contribution is -1.98. The Morgan fingerprint density at radius 3 is 2.79 bits per heavy atom. The second kappa shape index (κ2) is 5.89. The number of hydrogen-bond acceptors (Lipinski definition) is 7. The molecule has 1 aromatic carbocycles. The molecule has 8 heteroatoms. The average molecular weight is 338 g/mol. The normalized spacial score (nSPS) is 10.9. The fourth-order valence-corrected chi connectivity index (χ4v) is 3.18. The number of methoxy groups -OCH3 is 1. The van der Waals surface area contributed by atoms with Gasteiger partial charge in [0, 0.05) is 10.9 Å². The van der Waals surface area contributed by atoms with E-state index < -0.39 is 0 Å². The summed E-state index contributed by atoms with van der Waals surface area (Å²) < 4.78 is 7.24. The summed E-state index contributed by atoms with van der Waals surface area (Å²) in [6.45, 7) is 1.89. The third-order valence-corrected chi connectivity index (χ3v) is 4.32. The largest absolute Gasteiger partial charge is 0.496 e. The number of aryl methyl sites for hydroxylation is 1. The Hall–Kier alpha value is -3.00. The van der Waals surface area contributed by atoms with Crippen molar-refractivity contribution in [2.75, 3.05) is 12.4 Å². The third kappa shape index (κ3) is 2.56. The predicted octanol–water partition coefficient (Wildman–Crippen LogP) is 3.31. The van der Waals surface area contributed by atoms with E-state index in [9.17, 15) is 0 Å². The van der Waals surface area contributed by atoms with Crippen LogP contribution in [-0.2, 0) is 0 Å². The van der Waals surface area contributed by atoms with Crippen LogP contribution in [0.2, 0.25) is 0 Å². The first-order valence-corrected chi connectivity index (χ1v) is 8.17. The molecule has 7 nitrogen and oxygen atoms in total. The van der Waals surface area contributed by atoms with Crippen LogP contribution in [0.3, 0.4) is 0 Å². The Balaban J connectivity index is 1.72. The molecule has 0 saturated carbocycles. The lowest BCUT2D eigenvalue weighted by atomic mass is 10.1. The lowest BCUT2D eigenvalue weighted by molar-refractivity contribution is 0.416. The summed E-state index contributed by atoms with van der Waals surface area (Å²) in [4.78, 5) is 5.27. The van der Waals surface area contributed by atoms with Gasteiger partial charge in [-0.3, -0.25) is 0 Å². The van der Waals surface area contributed by atoms with Crippen molar-refractivity contribution >= 4 is 28.1 Å². The number of fused-ring (bicyclic) bond motifs is 1. The van der Waals surface area contributed by atoms with E-state index in [-0.39, 0.29) is 0 Å². The highest BCUT2D eigenvalue weighted by Gasteiger charge is 2.14. The predicted molar refractivity (Wildman–Crippen MR) is 92.9 cm³/mol. The first kappa shape index (κ1) is 14.6. The standard InChI is InChI=1S/C16H14N6OS/c1-10-7-8-14(20-19-10)17-15-18-16-22(21-15)12(9-24-16)11-5-3-4-6-13(11)23-2/h3-9H,1-2H3,(H,17,20,21). The molecule has 3 heterocycles. The van der Waals surface area contributed by atoms with Crippen LogP contribution in [0.25, 0.3) is 16.2 Å². The van der Waals surface area contributed by atoms with Crippen LogP contribution in [0.1, 0.15) is 5.69 Å². The molecule has 1 N–H and O–H groups in total. The zero-order valence-corrected chi connectivity index (χ0v) is 13.9. The number of thiazole rings is 1. The van der Waals surface area contributed by atoms with Gasteiger partial charge in [-0.15, -0.1) is 21.5 Å². The molecule has 0 bridgehead atoms. The van der Waals surface area contributed by atoms with Crippen LogP contribution in [0.4, 0.5) is 11.8 Å². The van der Waals surface area contributed by atoms with Crippen molar-refractivity contribution in [2.45, 2.75) is 6.92 Å². The van der Waals surface area contributed by atoms with E-state index in [1.807, 2.05) is 48.7 Å². The van der Waals surface area contributed by atoms with Gasteiger partial charge in [-0.25, -0.2) is 4.52 Å². The number of nitrogens with zero attached hydrogens (tertiary/aromatic N) is 5. The van der Waals surface area contributed by atoms with Crippen LogP contribution in [0.15, 0.2) is 41.8 Å². The molecule has 4 aromatic rings. The summed E-state index contributed by atoms with van der Waals surface area (Å²) in [5.41, 5.74) is 2.76. The maximum Gasteiger partial charge on any atom is 0.249 e. The summed E-state index contributed by atoms with van der Waals surface area (Å²) in [5, 5.41) is 17.7. The number of nitrogens with one attached hydrogen (secondary N) is 1. The van der Waals surface area contributed by atoms with Crippen molar-refractivity contribution in [3.05, 3.63) is 47.5 Å². The van der Waals surface area contributed by atoms with Gasteiger partial charge in [-0.2, -0.15) is 10.1 Å². The Bertz CT molecular complexity index is 991. The monoisotopic (exact) mass is 338 g/mol. The van der Waals surface area contributed by atoms with Gasteiger partial charge in [0.2, 0.25) is 10.9 Å². The number of benzene rings is 1. The molecule has 0 radical (unpaired) electrons. The molecule has 24 heavy (non-hydrogen) atoms. The number of ether oxygens (including phenoxy) is 1. The summed E-state index contributed by atoms with van der Waals surface area (Å²) >= 11 is 1.52. The van der Waals surface area contributed by atoms with E-state index >= 15 is 0 Å². The molecular weight excluding hydrogens is 324 g/mol. The quantitative estimate of drug-likeness (QED) is 0.615. The number of hydrogen-bond donors (Lipinski definition) is 1. The highest BCUT2D eigenvalue weighted by molar-refractivity contribution is 7.15. The van der Waals surface area contributed by atoms with Crippen molar-refractivity contribution in [1.82, 2.24) is 24.8 Å². The molecule has 3 aromatic heterocycles. The van der Waals surface area contributed by atoms with Crippen LogP contribution in [0, 0.1) is 6.92 Å². The molecule has 0 atom stereocenters. The summed E-state index contributed by atoms with van der Waals surface area (Å²) in [5.74, 6) is 1.89. The molecule has 0 aliphatic rings. The minimum Gasteiger partial charge on any atom is -0.496 e. The second-order valence-electron chi connectivity index (χ2n) is 5.14. The highest BCUT2D eigenvalue weighted by Crippen LogP contribution is 2.32. The van der Waals surface area contributed by atoms with Crippen LogP contribution >= 0.6 is 11.3 Å². The first-order valence-electron chi connectivity index (χ1n) is 7.29. The smallest absolute Gasteiger partial charge is 0.249 e. The summed E-state index contributed by atoms with van der Waals surface area (Å²) in [6, 6.07) is 11.6. The Morgan fingerprint density at radius 2 is 2.00 bits per heavy atom. The van der Waals surface area contributed by atoms with E-state index in [2.05, 4.69) is 25.6 Å². The van der Waals surface area contributed by atoms with Gasteiger partial charge in [0.1, 0.15) is 5.75 Å². The second-order valence-corrected chi connectivity index (χ2v) is 5.97. The number of para-hydroxylation sites is 1. The number of anilines is 2. The van der Waals surface area contributed by atoms with Gasteiger partial charge >= 0.3 is 0 Å². The van der Waals surface area contributed by atoms with Gasteiger partial charge in [-0.05, 0) is 31.2 Å². The Morgan fingerprint density at radius 1 is 1.12 bits per heavy atom. The van der Waals surface area contributed by atoms with E-state index in [1.165, 1.54) is 11.3 Å². The molecule has 0 fully saturated rings. The summed E-state index contributed by atoms with van der Waals surface area (Å²) in [7, 11) is 1.66. The van der Waals surface area contributed by atoms with E-state index in [0.717, 1.165) is 27.7 Å². The number of rotatable bonds is 4. The third-order valence-electron chi connectivity index (χ3n) is 3.50. The van der Waals surface area contributed by atoms with Crippen molar-refractivity contribution < 1.29 is 4.74 Å². The molecule has 0 aliphatic carbocycles. The zero-order valence-electron chi connectivity index (χ0n) is 13.1. The minimum absolute atomic E-state index is 0.483. The highest BCUT2D eigenvalue weighted by atomic mass is 32.1. The Kier molecular flexibility index (Phi) is 3.58. The SMILES string of the molecule is COc1ccccc1-c1csc2nc(Nc3ccc(C)nn3)nn12. The Labute approximate surface area is 142 Å². The fraction of sp³-hybridized carbons (Fsp3) is 0.125. The van der Waals surface area contributed by atoms with Crippen molar-refractivity contribution in [1.29, 1.82) is 0 Å². The molecule has 0 spiro atoms. The van der Waals surface area contributed by atoms with E-state index in [0.29, 0.717) is 11.8 Å². The van der Waals surface area contributed by atoms with Crippen molar-refractivity contribution in [3.8, 4) is 17.0 Å². The molecule has 120 valence electrons. The molecule has 0 saturated heterocycles. The van der Waals surface area contributed by atoms with E-state index in [4.69, 9.17) is 4.74 Å². The maximum atomic E-state index is 5.44.